The molecule has 1 spiro atoms. The fourth-order valence-corrected chi connectivity index (χ4v) is 10.6. The normalized spacial score (nSPS) is 64.1. The number of aliphatic hydroxyl groups is 3. The molecule has 0 aromatic heterocycles. The molecule has 2 aliphatic heterocycles. The van der Waals surface area contributed by atoms with Crippen LogP contribution in [-0.4, -0.2) is 62.2 Å². The molecule has 2 heterocycles. The number of ketones is 1. The van der Waals surface area contributed by atoms with E-state index in [4.69, 9.17) is 9.47 Å². The summed E-state index contributed by atoms with van der Waals surface area (Å²) >= 11 is 0. The van der Waals surface area contributed by atoms with Crippen LogP contribution in [0.1, 0.15) is 72.6 Å². The van der Waals surface area contributed by atoms with Crippen LogP contribution in [-0.2, 0) is 19.1 Å². The summed E-state index contributed by atoms with van der Waals surface area (Å²) in [6.45, 7) is 7.72. The van der Waals surface area contributed by atoms with Gasteiger partial charge in [0.05, 0.1) is 17.1 Å². The van der Waals surface area contributed by atoms with Gasteiger partial charge in [-0.2, -0.15) is 0 Å². The van der Waals surface area contributed by atoms with E-state index in [9.17, 15) is 24.9 Å². The van der Waals surface area contributed by atoms with Crippen LogP contribution in [0.15, 0.2) is 12.2 Å². The van der Waals surface area contributed by atoms with Gasteiger partial charge in [0, 0.05) is 11.3 Å². The molecule has 2 saturated heterocycles. The Morgan fingerprint density at radius 2 is 1.69 bits per heavy atom. The second-order valence-corrected chi connectivity index (χ2v) is 13.9. The fourth-order valence-electron chi connectivity index (χ4n) is 10.6. The Bertz CT molecular complexity index is 1070. The SMILES string of the molecule is C[C@@]12C[C@@H](OC(=O)[C@]1(C)O)[C@@H]([C@]1(O)CCC3C4C[C@H]5O[C@]56[C@@H](O)C=CC(=O)[C@]6(C)C4CC[C@@]31C)C2. The third-order valence-corrected chi connectivity index (χ3v) is 13.0. The highest BCUT2D eigenvalue weighted by atomic mass is 16.6. The van der Waals surface area contributed by atoms with Gasteiger partial charge in [-0.3, -0.25) is 4.79 Å². The zero-order valence-electron chi connectivity index (χ0n) is 21.1. The predicted molar refractivity (Wildman–Crippen MR) is 124 cm³/mol. The Morgan fingerprint density at radius 1 is 0.971 bits per heavy atom. The van der Waals surface area contributed by atoms with E-state index in [1.807, 2.05) is 13.8 Å². The van der Waals surface area contributed by atoms with Gasteiger partial charge in [0.2, 0.25) is 0 Å². The third kappa shape index (κ3) is 2.23. The molecule has 13 atom stereocenters. The van der Waals surface area contributed by atoms with Crippen molar-refractivity contribution in [3.05, 3.63) is 12.2 Å². The lowest BCUT2D eigenvalue weighted by molar-refractivity contribution is -0.201. The van der Waals surface area contributed by atoms with Crippen molar-refractivity contribution in [2.45, 2.75) is 108 Å². The van der Waals surface area contributed by atoms with E-state index in [1.165, 1.54) is 0 Å². The van der Waals surface area contributed by atoms with E-state index in [1.54, 1.807) is 19.1 Å². The molecule has 6 fully saturated rings. The molecule has 35 heavy (non-hydrogen) atoms. The lowest BCUT2D eigenvalue weighted by Crippen LogP contribution is -2.65. The van der Waals surface area contributed by atoms with Crippen molar-refractivity contribution in [2.24, 2.45) is 39.9 Å². The zero-order chi connectivity index (χ0) is 25.0. The van der Waals surface area contributed by atoms with E-state index >= 15 is 0 Å². The molecule has 4 saturated carbocycles. The molecule has 0 aromatic rings. The highest BCUT2D eigenvalue weighted by molar-refractivity contribution is 5.98. The van der Waals surface area contributed by atoms with Crippen LogP contribution in [0, 0.1) is 39.9 Å². The summed E-state index contributed by atoms with van der Waals surface area (Å²) in [7, 11) is 0. The number of ether oxygens (including phenoxy) is 2. The molecule has 7 aliphatic rings. The van der Waals surface area contributed by atoms with Crippen LogP contribution in [0.2, 0.25) is 0 Å². The standard InChI is InChI=1S/C28H38O7/c1-23-12-17(18(13-23)34-22(31)26(23,4)32)27(33)10-8-15-14-11-21-28(35-21)20(30)6-5-19(29)25(28,3)16(14)7-9-24(15,27)2/h5-6,14-18,20-21,30,32-33H,7-13H2,1-4H3/t14?,15?,16?,17-,18+,20-,21+,23+,24-,25-,26-,27+,28+/m0/s1. The number of allylic oxidation sites excluding steroid dienone is 1. The minimum atomic E-state index is -1.55. The fraction of sp³-hybridized carbons (Fsp3) is 0.857. The van der Waals surface area contributed by atoms with E-state index in [0.717, 1.165) is 25.7 Å². The van der Waals surface area contributed by atoms with Gasteiger partial charge in [0.25, 0.3) is 0 Å². The van der Waals surface area contributed by atoms with Gasteiger partial charge in [-0.15, -0.1) is 0 Å². The van der Waals surface area contributed by atoms with Crippen molar-refractivity contribution in [2.75, 3.05) is 0 Å². The Kier molecular flexibility index (Phi) is 4.07. The second-order valence-electron chi connectivity index (χ2n) is 13.9. The van der Waals surface area contributed by atoms with Crippen LogP contribution >= 0.6 is 0 Å². The molecule has 3 N–H and O–H groups in total. The highest BCUT2D eigenvalue weighted by Gasteiger charge is 2.81. The Balaban J connectivity index is 1.24. The van der Waals surface area contributed by atoms with Gasteiger partial charge in [-0.05, 0) is 94.1 Å². The molecular weight excluding hydrogens is 448 g/mol. The average Bonchev–Trinajstić information content (AvgIpc) is 3.35. The lowest BCUT2D eigenvalue weighted by atomic mass is 9.44. The summed E-state index contributed by atoms with van der Waals surface area (Å²) in [5.74, 6) is -0.163. The first-order valence-electron chi connectivity index (χ1n) is 13.5. The molecule has 7 nitrogen and oxygen atoms in total. The predicted octanol–water partition coefficient (Wildman–Crippen LogP) is 2.30. The van der Waals surface area contributed by atoms with Gasteiger partial charge < -0.3 is 24.8 Å². The minimum absolute atomic E-state index is 0.0588. The maximum absolute atomic E-state index is 13.3. The second kappa shape index (κ2) is 6.23. The average molecular weight is 487 g/mol. The van der Waals surface area contributed by atoms with Crippen molar-refractivity contribution in [1.29, 1.82) is 0 Å². The largest absolute Gasteiger partial charge is 0.460 e. The summed E-state index contributed by atoms with van der Waals surface area (Å²) in [4.78, 5) is 26.0. The first-order chi connectivity index (χ1) is 16.3. The first-order valence-corrected chi connectivity index (χ1v) is 13.5. The number of hydrogen-bond acceptors (Lipinski definition) is 7. The van der Waals surface area contributed by atoms with Crippen LogP contribution in [0.25, 0.3) is 0 Å². The molecule has 7 heteroatoms. The Labute approximate surface area is 206 Å². The minimum Gasteiger partial charge on any atom is -0.460 e. The van der Waals surface area contributed by atoms with Crippen molar-refractivity contribution in [3.8, 4) is 0 Å². The quantitative estimate of drug-likeness (QED) is 0.385. The Hall–Kier alpha value is -1.28. The summed E-state index contributed by atoms with van der Waals surface area (Å²) in [5.41, 5.74) is -5.08. The molecule has 0 aromatic carbocycles. The molecule has 192 valence electrons. The summed E-state index contributed by atoms with van der Waals surface area (Å²) in [5, 5.41) is 34.3. The molecule has 0 amide bonds. The molecule has 2 bridgehead atoms. The van der Waals surface area contributed by atoms with E-state index in [-0.39, 0.29) is 47.1 Å². The monoisotopic (exact) mass is 486 g/mol. The molecule has 7 rings (SSSR count). The topological polar surface area (TPSA) is 117 Å². The molecule has 0 radical (unpaired) electrons. The number of carbonyl (C=O) groups is 2. The number of aliphatic hydroxyl groups excluding tert-OH is 1. The Morgan fingerprint density at radius 3 is 2.43 bits per heavy atom. The number of epoxide rings is 1. The van der Waals surface area contributed by atoms with Gasteiger partial charge in [-0.25, -0.2) is 4.79 Å². The summed E-state index contributed by atoms with van der Waals surface area (Å²) in [6, 6.07) is 0. The number of carbonyl (C=O) groups excluding carboxylic acids is 2. The third-order valence-electron chi connectivity index (χ3n) is 13.0. The van der Waals surface area contributed by atoms with Gasteiger partial charge >= 0.3 is 5.97 Å². The van der Waals surface area contributed by atoms with Gasteiger partial charge in [0.15, 0.2) is 11.4 Å². The molecule has 3 unspecified atom stereocenters. The maximum Gasteiger partial charge on any atom is 0.338 e. The number of esters is 1. The van der Waals surface area contributed by atoms with Crippen molar-refractivity contribution >= 4 is 11.8 Å². The van der Waals surface area contributed by atoms with Crippen molar-refractivity contribution < 1.29 is 34.4 Å². The summed E-state index contributed by atoms with van der Waals surface area (Å²) < 4.78 is 12.0. The van der Waals surface area contributed by atoms with E-state index in [2.05, 4.69) is 6.92 Å². The maximum atomic E-state index is 13.3. The van der Waals surface area contributed by atoms with Crippen LogP contribution in [0.4, 0.5) is 0 Å². The van der Waals surface area contributed by atoms with Gasteiger partial charge in [-0.1, -0.05) is 13.8 Å². The summed E-state index contributed by atoms with van der Waals surface area (Å²) in [6.07, 6.45) is 6.90. The zero-order valence-corrected chi connectivity index (χ0v) is 21.1. The van der Waals surface area contributed by atoms with Crippen LogP contribution in [0.3, 0.4) is 0 Å². The van der Waals surface area contributed by atoms with Crippen LogP contribution < -0.4 is 0 Å². The van der Waals surface area contributed by atoms with Crippen LogP contribution in [0.5, 0.6) is 0 Å². The molecular formula is C28H38O7. The van der Waals surface area contributed by atoms with Crippen molar-refractivity contribution in [1.82, 2.24) is 0 Å². The smallest absolute Gasteiger partial charge is 0.338 e. The molecule has 5 aliphatic carbocycles. The van der Waals surface area contributed by atoms with Crippen molar-refractivity contribution in [3.63, 3.8) is 0 Å². The lowest BCUT2D eigenvalue weighted by Gasteiger charge is -2.59. The van der Waals surface area contributed by atoms with E-state index < -0.39 is 39.7 Å². The highest BCUT2D eigenvalue weighted by Crippen LogP contribution is 2.74. The first kappa shape index (κ1) is 22.9. The number of fused-ring (bicyclic) bond motifs is 6. The number of hydrogen-bond donors (Lipinski definition) is 3. The number of rotatable bonds is 1. The van der Waals surface area contributed by atoms with E-state index in [0.29, 0.717) is 19.3 Å². The van der Waals surface area contributed by atoms with Gasteiger partial charge in [0.1, 0.15) is 17.8 Å².